The molecule has 0 unspecified atom stereocenters. The summed E-state index contributed by atoms with van der Waals surface area (Å²) in [5, 5.41) is 6.60. The van der Waals surface area contributed by atoms with E-state index in [1.165, 1.54) is 0 Å². The summed E-state index contributed by atoms with van der Waals surface area (Å²) in [6.45, 7) is 5.61. The summed E-state index contributed by atoms with van der Waals surface area (Å²) >= 11 is 0. The number of aliphatic imine (C=N–C) groups is 1. The molecule has 0 aromatic heterocycles. The van der Waals surface area contributed by atoms with Crippen molar-refractivity contribution in [3.05, 3.63) is 65.7 Å². The fourth-order valence-corrected chi connectivity index (χ4v) is 2.46. The van der Waals surface area contributed by atoms with Crippen molar-refractivity contribution in [2.45, 2.75) is 26.5 Å². The summed E-state index contributed by atoms with van der Waals surface area (Å²) in [5.74, 6) is 1.70. The molecule has 0 radical (unpaired) electrons. The molecule has 2 rings (SSSR count). The number of guanidine groups is 1. The summed E-state index contributed by atoms with van der Waals surface area (Å²) in [6.07, 6.45) is 0.947. The summed E-state index contributed by atoms with van der Waals surface area (Å²) in [6, 6.07) is 18.1. The first-order valence-electron chi connectivity index (χ1n) is 9.09. The van der Waals surface area contributed by atoms with Crippen LogP contribution in [0.25, 0.3) is 0 Å². The van der Waals surface area contributed by atoms with Crippen LogP contribution in [0.15, 0.2) is 59.6 Å². The van der Waals surface area contributed by atoms with E-state index in [0.29, 0.717) is 13.2 Å². The topological polar surface area (TPSA) is 54.9 Å². The molecule has 140 valence electrons. The van der Waals surface area contributed by atoms with Gasteiger partial charge in [0.2, 0.25) is 0 Å². The Hall–Kier alpha value is -2.53. The van der Waals surface area contributed by atoms with Crippen molar-refractivity contribution < 1.29 is 9.47 Å². The first kappa shape index (κ1) is 19.8. The Kier molecular flexibility index (Phi) is 9.08. The van der Waals surface area contributed by atoms with Crippen LogP contribution in [0.3, 0.4) is 0 Å². The maximum absolute atomic E-state index is 5.89. The van der Waals surface area contributed by atoms with E-state index < -0.39 is 0 Å². The molecule has 0 bridgehead atoms. The Balaban J connectivity index is 1.96. The predicted molar refractivity (Wildman–Crippen MR) is 107 cm³/mol. The SMILES string of the molecule is CCNC(=NCc1ccccc1COc1ccccc1)NCCCOC. The number of methoxy groups -OCH3 is 1. The molecule has 5 heteroatoms. The van der Waals surface area contributed by atoms with Crippen LogP contribution in [0, 0.1) is 0 Å². The number of hydrogen-bond acceptors (Lipinski definition) is 3. The van der Waals surface area contributed by atoms with Crippen molar-refractivity contribution in [1.82, 2.24) is 10.6 Å². The van der Waals surface area contributed by atoms with Crippen LogP contribution in [0.5, 0.6) is 5.75 Å². The van der Waals surface area contributed by atoms with Crippen LogP contribution in [-0.2, 0) is 17.9 Å². The summed E-state index contributed by atoms with van der Waals surface area (Å²) in [4.78, 5) is 4.70. The average Bonchev–Trinajstić information content (AvgIpc) is 2.69. The van der Waals surface area contributed by atoms with Gasteiger partial charge in [0.05, 0.1) is 6.54 Å². The molecule has 5 nitrogen and oxygen atoms in total. The molecule has 0 saturated carbocycles. The number of para-hydroxylation sites is 1. The van der Waals surface area contributed by atoms with Gasteiger partial charge in [-0.2, -0.15) is 0 Å². The molecule has 0 aliphatic rings. The van der Waals surface area contributed by atoms with Gasteiger partial charge in [-0.1, -0.05) is 42.5 Å². The zero-order valence-corrected chi connectivity index (χ0v) is 15.7. The van der Waals surface area contributed by atoms with Gasteiger partial charge >= 0.3 is 0 Å². The van der Waals surface area contributed by atoms with Crippen molar-refractivity contribution in [3.8, 4) is 5.75 Å². The van der Waals surface area contributed by atoms with Gasteiger partial charge < -0.3 is 20.1 Å². The second kappa shape index (κ2) is 11.9. The third-order valence-corrected chi connectivity index (χ3v) is 3.83. The Morgan fingerprint density at radius 2 is 1.69 bits per heavy atom. The van der Waals surface area contributed by atoms with Gasteiger partial charge in [0.25, 0.3) is 0 Å². The van der Waals surface area contributed by atoms with E-state index >= 15 is 0 Å². The Bertz CT molecular complexity index is 659. The second-order valence-corrected chi connectivity index (χ2v) is 5.84. The number of hydrogen-bond donors (Lipinski definition) is 2. The highest BCUT2D eigenvalue weighted by molar-refractivity contribution is 5.79. The van der Waals surface area contributed by atoms with Crippen molar-refractivity contribution in [2.24, 2.45) is 4.99 Å². The molecular weight excluding hydrogens is 326 g/mol. The molecule has 0 heterocycles. The molecule has 0 fully saturated rings. The molecule has 0 saturated heterocycles. The maximum Gasteiger partial charge on any atom is 0.191 e. The Morgan fingerprint density at radius 1 is 0.962 bits per heavy atom. The van der Waals surface area contributed by atoms with Crippen LogP contribution in [0.2, 0.25) is 0 Å². The van der Waals surface area contributed by atoms with Crippen molar-refractivity contribution in [3.63, 3.8) is 0 Å². The third kappa shape index (κ3) is 7.15. The van der Waals surface area contributed by atoms with E-state index in [-0.39, 0.29) is 0 Å². The quantitative estimate of drug-likeness (QED) is 0.390. The molecule has 0 amide bonds. The largest absolute Gasteiger partial charge is 0.489 e. The fourth-order valence-electron chi connectivity index (χ4n) is 2.46. The zero-order chi connectivity index (χ0) is 18.5. The predicted octanol–water partition coefficient (Wildman–Crippen LogP) is 3.36. The lowest BCUT2D eigenvalue weighted by atomic mass is 10.1. The van der Waals surface area contributed by atoms with E-state index in [1.807, 2.05) is 42.5 Å². The molecule has 2 aromatic carbocycles. The number of benzene rings is 2. The molecule has 0 aliphatic heterocycles. The van der Waals surface area contributed by atoms with Gasteiger partial charge in [-0.05, 0) is 36.6 Å². The van der Waals surface area contributed by atoms with Crippen molar-refractivity contribution >= 4 is 5.96 Å². The minimum absolute atomic E-state index is 0.535. The lowest BCUT2D eigenvalue weighted by Crippen LogP contribution is -2.38. The highest BCUT2D eigenvalue weighted by atomic mass is 16.5. The van der Waals surface area contributed by atoms with Gasteiger partial charge in [0.15, 0.2) is 5.96 Å². The molecule has 2 aromatic rings. The number of ether oxygens (including phenoxy) is 2. The van der Waals surface area contributed by atoms with Gasteiger partial charge in [-0.15, -0.1) is 0 Å². The van der Waals surface area contributed by atoms with Gasteiger partial charge in [0.1, 0.15) is 12.4 Å². The van der Waals surface area contributed by atoms with Crippen LogP contribution in [0.1, 0.15) is 24.5 Å². The van der Waals surface area contributed by atoms with Crippen LogP contribution >= 0.6 is 0 Å². The standard InChI is InChI=1S/C21H29N3O2/c1-3-22-21(23-14-9-15-25-2)24-16-18-10-7-8-11-19(18)17-26-20-12-5-4-6-13-20/h4-8,10-13H,3,9,14-17H2,1-2H3,(H2,22,23,24). The van der Waals surface area contributed by atoms with Crippen LogP contribution < -0.4 is 15.4 Å². The minimum Gasteiger partial charge on any atom is -0.489 e. The first-order valence-corrected chi connectivity index (χ1v) is 9.09. The molecule has 26 heavy (non-hydrogen) atoms. The van der Waals surface area contributed by atoms with Crippen LogP contribution in [0.4, 0.5) is 0 Å². The van der Waals surface area contributed by atoms with E-state index in [0.717, 1.165) is 49.0 Å². The smallest absolute Gasteiger partial charge is 0.191 e. The number of nitrogens with one attached hydrogen (secondary N) is 2. The number of rotatable bonds is 10. The maximum atomic E-state index is 5.89. The molecular formula is C21H29N3O2. The van der Waals surface area contributed by atoms with E-state index in [4.69, 9.17) is 14.5 Å². The van der Waals surface area contributed by atoms with Crippen LogP contribution in [-0.4, -0.2) is 32.8 Å². The average molecular weight is 355 g/mol. The monoisotopic (exact) mass is 355 g/mol. The highest BCUT2D eigenvalue weighted by Crippen LogP contribution is 2.15. The van der Waals surface area contributed by atoms with Crippen molar-refractivity contribution in [1.29, 1.82) is 0 Å². The lowest BCUT2D eigenvalue weighted by Gasteiger charge is -2.13. The van der Waals surface area contributed by atoms with Gasteiger partial charge in [-0.3, -0.25) is 0 Å². The Labute approximate surface area is 156 Å². The fraction of sp³-hybridized carbons (Fsp3) is 0.381. The highest BCUT2D eigenvalue weighted by Gasteiger charge is 2.04. The summed E-state index contributed by atoms with van der Waals surface area (Å²) in [5.41, 5.74) is 2.31. The first-order chi connectivity index (χ1) is 12.8. The Morgan fingerprint density at radius 3 is 2.42 bits per heavy atom. The van der Waals surface area contributed by atoms with E-state index in [1.54, 1.807) is 7.11 Å². The molecule has 2 N–H and O–H groups in total. The third-order valence-electron chi connectivity index (χ3n) is 3.83. The van der Waals surface area contributed by atoms with Gasteiger partial charge in [0, 0.05) is 26.8 Å². The number of nitrogens with zero attached hydrogens (tertiary/aromatic N) is 1. The summed E-state index contributed by atoms with van der Waals surface area (Å²) < 4.78 is 11.0. The van der Waals surface area contributed by atoms with Crippen molar-refractivity contribution in [2.75, 3.05) is 26.8 Å². The van der Waals surface area contributed by atoms with Gasteiger partial charge in [-0.25, -0.2) is 4.99 Å². The lowest BCUT2D eigenvalue weighted by molar-refractivity contribution is 0.195. The zero-order valence-electron chi connectivity index (χ0n) is 15.7. The summed E-state index contributed by atoms with van der Waals surface area (Å²) in [7, 11) is 1.72. The van der Waals surface area contributed by atoms with E-state index in [9.17, 15) is 0 Å². The van der Waals surface area contributed by atoms with E-state index in [2.05, 4.69) is 29.7 Å². The second-order valence-electron chi connectivity index (χ2n) is 5.84. The minimum atomic E-state index is 0.535. The molecule has 0 spiro atoms. The normalized spacial score (nSPS) is 11.2. The molecule has 0 atom stereocenters. The molecule has 0 aliphatic carbocycles.